The summed E-state index contributed by atoms with van der Waals surface area (Å²) in [5, 5.41) is 2.89. The second kappa shape index (κ2) is 8.80. The summed E-state index contributed by atoms with van der Waals surface area (Å²) < 4.78 is 0. The molecule has 5 heteroatoms. The molecule has 0 saturated carbocycles. The molecule has 0 aliphatic carbocycles. The fourth-order valence-electron chi connectivity index (χ4n) is 2.24. The van der Waals surface area contributed by atoms with Gasteiger partial charge in [-0.2, -0.15) is 0 Å². The number of rotatable bonds is 7. The van der Waals surface area contributed by atoms with Gasteiger partial charge in [0.05, 0.1) is 0 Å². The molecule has 1 amide bonds. The topological polar surface area (TPSA) is 32.3 Å². The van der Waals surface area contributed by atoms with Crippen LogP contribution >= 0.6 is 23.2 Å². The van der Waals surface area contributed by atoms with Gasteiger partial charge >= 0.3 is 0 Å². The molecule has 3 nitrogen and oxygen atoms in total. The van der Waals surface area contributed by atoms with Gasteiger partial charge in [-0.05, 0) is 43.3 Å². The van der Waals surface area contributed by atoms with Crippen molar-refractivity contribution in [2.75, 3.05) is 35.1 Å². The lowest BCUT2D eigenvalue weighted by Gasteiger charge is -2.22. The van der Waals surface area contributed by atoms with Gasteiger partial charge in [0, 0.05) is 41.8 Å². The number of nitrogens with zero attached hydrogens (tertiary/aromatic N) is 1. The van der Waals surface area contributed by atoms with Gasteiger partial charge in [0.15, 0.2) is 0 Å². The lowest BCUT2D eigenvalue weighted by atomic mass is 10.1. The molecule has 0 aliphatic heterocycles. The van der Waals surface area contributed by atoms with Crippen LogP contribution < -0.4 is 10.2 Å². The van der Waals surface area contributed by atoms with E-state index in [1.807, 2.05) is 55.5 Å². The van der Waals surface area contributed by atoms with Crippen LogP contribution in [0.2, 0.25) is 0 Å². The van der Waals surface area contributed by atoms with E-state index in [2.05, 4.69) is 10.2 Å². The number of halogens is 2. The van der Waals surface area contributed by atoms with Crippen molar-refractivity contribution in [2.45, 2.75) is 6.92 Å². The Hall–Kier alpha value is -1.71. The molecule has 0 spiro atoms. The molecule has 122 valence electrons. The van der Waals surface area contributed by atoms with E-state index in [1.54, 1.807) is 0 Å². The molecule has 0 saturated heterocycles. The minimum absolute atomic E-state index is 0.123. The highest BCUT2D eigenvalue weighted by Crippen LogP contribution is 2.17. The molecular weight excluding hydrogens is 331 g/mol. The van der Waals surface area contributed by atoms with Crippen molar-refractivity contribution in [3.8, 4) is 0 Å². The number of anilines is 2. The molecule has 2 rings (SSSR count). The molecule has 2 aromatic rings. The summed E-state index contributed by atoms with van der Waals surface area (Å²) in [6.45, 7) is 3.46. The van der Waals surface area contributed by atoms with Gasteiger partial charge < -0.3 is 10.2 Å². The number of hydrogen-bond acceptors (Lipinski definition) is 2. The van der Waals surface area contributed by atoms with Crippen LogP contribution in [0.4, 0.5) is 11.4 Å². The molecule has 0 heterocycles. The molecule has 0 unspecified atom stereocenters. The zero-order valence-corrected chi connectivity index (χ0v) is 14.6. The van der Waals surface area contributed by atoms with E-state index in [0.717, 1.165) is 30.0 Å². The average Bonchev–Trinajstić information content (AvgIpc) is 2.57. The van der Waals surface area contributed by atoms with E-state index in [-0.39, 0.29) is 5.91 Å². The molecule has 0 radical (unpaired) electrons. The Morgan fingerprint density at radius 2 is 1.52 bits per heavy atom. The van der Waals surface area contributed by atoms with Crippen molar-refractivity contribution in [1.82, 2.24) is 0 Å². The second-order valence-corrected chi connectivity index (χ2v) is 5.99. The van der Waals surface area contributed by atoms with Crippen LogP contribution in [0.3, 0.4) is 0 Å². The van der Waals surface area contributed by atoms with E-state index in [9.17, 15) is 4.79 Å². The summed E-state index contributed by atoms with van der Waals surface area (Å²) in [5.41, 5.74) is 3.57. The van der Waals surface area contributed by atoms with Crippen molar-refractivity contribution in [3.05, 3.63) is 59.7 Å². The maximum Gasteiger partial charge on any atom is 0.255 e. The normalized spacial score (nSPS) is 10.4. The third kappa shape index (κ3) is 5.15. The van der Waals surface area contributed by atoms with Crippen molar-refractivity contribution in [1.29, 1.82) is 0 Å². The van der Waals surface area contributed by atoms with E-state index < -0.39 is 0 Å². The van der Waals surface area contributed by atoms with Crippen LogP contribution in [0.5, 0.6) is 0 Å². The number of alkyl halides is 2. The number of benzene rings is 2. The van der Waals surface area contributed by atoms with Gasteiger partial charge in [-0.15, -0.1) is 23.2 Å². The van der Waals surface area contributed by atoms with Gasteiger partial charge in [0.2, 0.25) is 0 Å². The third-order valence-electron chi connectivity index (χ3n) is 3.51. The fraction of sp³-hybridized carbons (Fsp3) is 0.278. The molecular formula is C18H20Cl2N2O. The second-order valence-electron chi connectivity index (χ2n) is 5.23. The maximum atomic E-state index is 12.3. The highest BCUT2D eigenvalue weighted by atomic mass is 35.5. The van der Waals surface area contributed by atoms with Crippen molar-refractivity contribution in [3.63, 3.8) is 0 Å². The zero-order chi connectivity index (χ0) is 16.7. The Morgan fingerprint density at radius 3 is 2.04 bits per heavy atom. The first-order chi connectivity index (χ1) is 11.1. The van der Waals surface area contributed by atoms with Gasteiger partial charge in [-0.3, -0.25) is 4.79 Å². The summed E-state index contributed by atoms with van der Waals surface area (Å²) in [5.74, 6) is 0.945. The predicted octanol–water partition coefficient (Wildman–Crippen LogP) is 4.53. The molecule has 2 aromatic carbocycles. The molecule has 0 fully saturated rings. The number of carbonyl (C=O) groups is 1. The fourth-order valence-corrected chi connectivity index (χ4v) is 2.65. The number of hydrogen-bond donors (Lipinski definition) is 1. The highest BCUT2D eigenvalue weighted by Gasteiger charge is 2.09. The number of aryl methyl sites for hydroxylation is 1. The molecule has 0 aromatic heterocycles. The van der Waals surface area contributed by atoms with Crippen LogP contribution in [0.25, 0.3) is 0 Å². The molecule has 0 atom stereocenters. The van der Waals surface area contributed by atoms with Crippen LogP contribution in [-0.4, -0.2) is 30.8 Å². The van der Waals surface area contributed by atoms with Gasteiger partial charge in [0.1, 0.15) is 0 Å². The monoisotopic (exact) mass is 350 g/mol. The van der Waals surface area contributed by atoms with Crippen LogP contribution in [0, 0.1) is 6.92 Å². The van der Waals surface area contributed by atoms with Crippen LogP contribution in [-0.2, 0) is 0 Å². The minimum atomic E-state index is -0.123. The quantitative estimate of drug-likeness (QED) is 0.744. The highest BCUT2D eigenvalue weighted by molar-refractivity contribution is 6.18. The van der Waals surface area contributed by atoms with Gasteiger partial charge in [-0.25, -0.2) is 0 Å². The minimum Gasteiger partial charge on any atom is -0.369 e. The molecule has 23 heavy (non-hydrogen) atoms. The maximum absolute atomic E-state index is 12.3. The Balaban J connectivity index is 2.05. The van der Waals surface area contributed by atoms with Gasteiger partial charge in [0.25, 0.3) is 5.91 Å². The van der Waals surface area contributed by atoms with Crippen molar-refractivity contribution < 1.29 is 4.79 Å². The molecule has 0 aliphatic rings. The predicted molar refractivity (Wildman–Crippen MR) is 99.2 cm³/mol. The average molecular weight is 351 g/mol. The first kappa shape index (κ1) is 17.6. The third-order valence-corrected chi connectivity index (χ3v) is 3.85. The summed E-state index contributed by atoms with van der Waals surface area (Å²) >= 11 is 11.6. The summed E-state index contributed by atoms with van der Waals surface area (Å²) in [6.07, 6.45) is 0. The summed E-state index contributed by atoms with van der Waals surface area (Å²) in [7, 11) is 0. The van der Waals surface area contributed by atoms with Gasteiger partial charge in [-0.1, -0.05) is 17.7 Å². The lowest BCUT2D eigenvalue weighted by Crippen LogP contribution is -2.27. The Bertz CT molecular complexity index is 620. The zero-order valence-electron chi connectivity index (χ0n) is 13.1. The number of nitrogens with one attached hydrogen (secondary N) is 1. The number of amides is 1. The van der Waals surface area contributed by atoms with Crippen molar-refractivity contribution in [2.24, 2.45) is 0 Å². The summed E-state index contributed by atoms with van der Waals surface area (Å²) in [4.78, 5) is 14.4. The Morgan fingerprint density at radius 1 is 0.957 bits per heavy atom. The van der Waals surface area contributed by atoms with Crippen LogP contribution in [0.1, 0.15) is 15.9 Å². The molecule has 1 N–H and O–H groups in total. The standard InChI is InChI=1S/C18H20Cl2N2O/c1-14-2-6-16(7-3-14)21-18(23)15-4-8-17(9-5-15)22(12-10-19)13-11-20/h2-9H,10-13H2,1H3,(H,21,23). The largest absolute Gasteiger partial charge is 0.369 e. The molecule has 0 bridgehead atoms. The summed E-state index contributed by atoms with van der Waals surface area (Å²) in [6, 6.07) is 15.2. The number of carbonyl (C=O) groups excluding carboxylic acids is 1. The first-order valence-electron chi connectivity index (χ1n) is 7.49. The van der Waals surface area contributed by atoms with Crippen LogP contribution in [0.15, 0.2) is 48.5 Å². The van der Waals surface area contributed by atoms with E-state index >= 15 is 0 Å². The SMILES string of the molecule is Cc1ccc(NC(=O)c2ccc(N(CCCl)CCCl)cc2)cc1. The van der Waals surface area contributed by atoms with E-state index in [4.69, 9.17) is 23.2 Å². The van der Waals surface area contributed by atoms with E-state index in [1.165, 1.54) is 0 Å². The smallest absolute Gasteiger partial charge is 0.255 e. The lowest BCUT2D eigenvalue weighted by molar-refractivity contribution is 0.102. The first-order valence-corrected chi connectivity index (χ1v) is 8.56. The Labute approximate surface area is 147 Å². The van der Waals surface area contributed by atoms with E-state index in [0.29, 0.717) is 17.3 Å². The van der Waals surface area contributed by atoms with Crippen molar-refractivity contribution >= 4 is 40.5 Å². The Kier molecular flexibility index (Phi) is 6.75.